The number of carbonyl (C=O) groups is 2. The van der Waals surface area contributed by atoms with Gasteiger partial charge in [-0.3, -0.25) is 14.5 Å². The first-order chi connectivity index (χ1) is 13.0. The van der Waals surface area contributed by atoms with Crippen LogP contribution in [0.3, 0.4) is 0 Å². The molecule has 0 atom stereocenters. The average molecular weight is 388 g/mol. The fourth-order valence-corrected chi connectivity index (χ4v) is 3.75. The van der Waals surface area contributed by atoms with Crippen LogP contribution in [0.5, 0.6) is 0 Å². The van der Waals surface area contributed by atoms with Gasteiger partial charge in [0.25, 0.3) is 0 Å². The van der Waals surface area contributed by atoms with Crippen LogP contribution in [-0.4, -0.2) is 33.4 Å². The van der Waals surface area contributed by atoms with Crippen molar-refractivity contribution in [2.24, 2.45) is 0 Å². The number of hydrogen-bond donors (Lipinski definition) is 1. The van der Waals surface area contributed by atoms with Crippen LogP contribution in [-0.2, 0) is 31.0 Å². The second kappa shape index (κ2) is 8.43. The summed E-state index contributed by atoms with van der Waals surface area (Å²) >= 11 is 0. The first kappa shape index (κ1) is 19.2. The minimum absolute atomic E-state index is 0.0633. The summed E-state index contributed by atoms with van der Waals surface area (Å²) in [7, 11) is -3.69. The molecule has 1 aliphatic heterocycles. The summed E-state index contributed by atoms with van der Waals surface area (Å²) in [4.78, 5) is 24.6. The SMILES string of the molecule is O=C1CCC(=O)N1c1ccc(S(=O)(=O)NCCOCc2ccccc2)cc1. The van der Waals surface area contributed by atoms with Gasteiger partial charge in [0.2, 0.25) is 21.8 Å². The Labute approximate surface area is 158 Å². The summed E-state index contributed by atoms with van der Waals surface area (Å²) in [5.74, 6) is -0.548. The molecular weight excluding hydrogens is 368 g/mol. The van der Waals surface area contributed by atoms with Crippen molar-refractivity contribution in [1.82, 2.24) is 4.72 Å². The van der Waals surface area contributed by atoms with Crippen molar-refractivity contribution in [2.45, 2.75) is 24.3 Å². The summed E-state index contributed by atoms with van der Waals surface area (Å²) < 4.78 is 32.5. The number of amides is 2. The molecular formula is C19H20N2O5S. The van der Waals surface area contributed by atoms with Crippen molar-refractivity contribution in [2.75, 3.05) is 18.1 Å². The second-order valence-electron chi connectivity index (χ2n) is 6.05. The van der Waals surface area contributed by atoms with E-state index >= 15 is 0 Å². The number of hydrogen-bond acceptors (Lipinski definition) is 5. The number of ether oxygens (including phenoxy) is 1. The highest BCUT2D eigenvalue weighted by molar-refractivity contribution is 7.89. The second-order valence-corrected chi connectivity index (χ2v) is 7.82. The lowest BCUT2D eigenvalue weighted by Crippen LogP contribution is -2.29. The lowest BCUT2D eigenvalue weighted by molar-refractivity contribution is -0.121. The number of anilines is 1. The molecule has 8 heteroatoms. The molecule has 0 aliphatic carbocycles. The highest BCUT2D eigenvalue weighted by Crippen LogP contribution is 2.23. The normalized spacial score (nSPS) is 14.7. The number of sulfonamides is 1. The molecule has 7 nitrogen and oxygen atoms in total. The van der Waals surface area contributed by atoms with Crippen molar-refractivity contribution in [3.63, 3.8) is 0 Å². The van der Waals surface area contributed by atoms with E-state index in [1.54, 1.807) is 0 Å². The van der Waals surface area contributed by atoms with E-state index in [0.29, 0.717) is 12.3 Å². The first-order valence-electron chi connectivity index (χ1n) is 8.54. The van der Waals surface area contributed by atoms with Crippen molar-refractivity contribution in [3.8, 4) is 0 Å². The van der Waals surface area contributed by atoms with Crippen LogP contribution in [0, 0.1) is 0 Å². The Morgan fingerprint density at radius 2 is 1.56 bits per heavy atom. The molecule has 27 heavy (non-hydrogen) atoms. The quantitative estimate of drug-likeness (QED) is 0.550. The van der Waals surface area contributed by atoms with E-state index in [0.717, 1.165) is 10.5 Å². The van der Waals surface area contributed by atoms with Gasteiger partial charge in [-0.25, -0.2) is 13.1 Å². The van der Waals surface area contributed by atoms with Gasteiger partial charge in [-0.05, 0) is 29.8 Å². The van der Waals surface area contributed by atoms with Gasteiger partial charge < -0.3 is 4.74 Å². The summed E-state index contributed by atoms with van der Waals surface area (Å²) in [5.41, 5.74) is 1.40. The molecule has 2 aromatic rings. The average Bonchev–Trinajstić information content (AvgIpc) is 3.01. The zero-order valence-corrected chi connectivity index (χ0v) is 15.4. The van der Waals surface area contributed by atoms with Crippen LogP contribution in [0.2, 0.25) is 0 Å². The largest absolute Gasteiger partial charge is 0.375 e. The zero-order valence-electron chi connectivity index (χ0n) is 14.6. The van der Waals surface area contributed by atoms with Gasteiger partial charge in [-0.2, -0.15) is 0 Å². The standard InChI is InChI=1S/C19H20N2O5S/c22-18-10-11-19(23)21(18)16-6-8-17(9-7-16)27(24,25)20-12-13-26-14-15-4-2-1-3-5-15/h1-9,20H,10-14H2. The molecule has 3 rings (SSSR count). The molecule has 1 heterocycles. The number of benzene rings is 2. The topological polar surface area (TPSA) is 92.8 Å². The van der Waals surface area contributed by atoms with Crippen molar-refractivity contribution < 1.29 is 22.7 Å². The summed E-state index contributed by atoms with van der Waals surface area (Å²) in [5, 5.41) is 0. The fourth-order valence-electron chi connectivity index (χ4n) is 2.73. The molecule has 0 bridgehead atoms. The predicted molar refractivity (Wildman–Crippen MR) is 99.5 cm³/mol. The Morgan fingerprint density at radius 3 is 2.19 bits per heavy atom. The van der Waals surface area contributed by atoms with E-state index in [9.17, 15) is 18.0 Å². The zero-order chi connectivity index (χ0) is 19.3. The Hall–Kier alpha value is -2.55. The molecule has 2 aromatic carbocycles. The molecule has 0 radical (unpaired) electrons. The fraction of sp³-hybridized carbons (Fsp3) is 0.263. The van der Waals surface area contributed by atoms with Crippen LogP contribution < -0.4 is 9.62 Å². The highest BCUT2D eigenvalue weighted by atomic mass is 32.2. The van der Waals surface area contributed by atoms with Crippen LogP contribution in [0.1, 0.15) is 18.4 Å². The molecule has 0 saturated carbocycles. The van der Waals surface area contributed by atoms with Gasteiger partial charge in [0, 0.05) is 19.4 Å². The molecule has 0 aromatic heterocycles. The maximum absolute atomic E-state index is 12.3. The molecule has 0 unspecified atom stereocenters. The van der Waals surface area contributed by atoms with E-state index in [1.807, 2.05) is 30.3 Å². The monoisotopic (exact) mass is 388 g/mol. The van der Waals surface area contributed by atoms with Crippen molar-refractivity contribution in [1.29, 1.82) is 0 Å². The van der Waals surface area contributed by atoms with Gasteiger partial charge >= 0.3 is 0 Å². The number of rotatable bonds is 8. The minimum atomic E-state index is -3.69. The molecule has 0 spiro atoms. The molecule has 1 aliphatic rings. The van der Waals surface area contributed by atoms with Gasteiger partial charge in [0.1, 0.15) is 0 Å². The van der Waals surface area contributed by atoms with E-state index < -0.39 is 10.0 Å². The highest BCUT2D eigenvalue weighted by Gasteiger charge is 2.30. The van der Waals surface area contributed by atoms with Crippen LogP contribution in [0.25, 0.3) is 0 Å². The number of imide groups is 1. The van der Waals surface area contributed by atoms with Crippen LogP contribution in [0.15, 0.2) is 59.5 Å². The van der Waals surface area contributed by atoms with E-state index in [1.165, 1.54) is 24.3 Å². The van der Waals surface area contributed by atoms with Crippen molar-refractivity contribution in [3.05, 3.63) is 60.2 Å². The lowest BCUT2D eigenvalue weighted by Gasteiger charge is -2.14. The number of nitrogens with zero attached hydrogens (tertiary/aromatic N) is 1. The molecule has 1 N–H and O–H groups in total. The third-order valence-corrected chi connectivity index (χ3v) is 5.58. The minimum Gasteiger partial charge on any atom is -0.375 e. The maximum Gasteiger partial charge on any atom is 0.240 e. The van der Waals surface area contributed by atoms with E-state index in [4.69, 9.17) is 4.74 Å². The molecule has 142 valence electrons. The smallest absolute Gasteiger partial charge is 0.240 e. The maximum atomic E-state index is 12.3. The molecule has 1 saturated heterocycles. The van der Waals surface area contributed by atoms with E-state index in [-0.39, 0.29) is 42.7 Å². The van der Waals surface area contributed by atoms with Crippen LogP contribution >= 0.6 is 0 Å². The first-order valence-corrected chi connectivity index (χ1v) is 10.0. The third kappa shape index (κ3) is 4.79. The molecule has 1 fully saturated rings. The Balaban J connectivity index is 1.52. The summed E-state index contributed by atoms with van der Waals surface area (Å²) in [6.45, 7) is 0.790. The van der Waals surface area contributed by atoms with Crippen molar-refractivity contribution >= 4 is 27.5 Å². The number of nitrogens with one attached hydrogen (secondary N) is 1. The Morgan fingerprint density at radius 1 is 0.926 bits per heavy atom. The van der Waals surface area contributed by atoms with Gasteiger partial charge in [0.15, 0.2) is 0 Å². The Kier molecular flexibility index (Phi) is 6.00. The van der Waals surface area contributed by atoms with Gasteiger partial charge in [0.05, 0.1) is 23.8 Å². The number of carbonyl (C=O) groups excluding carboxylic acids is 2. The van der Waals surface area contributed by atoms with Crippen LogP contribution in [0.4, 0.5) is 5.69 Å². The predicted octanol–water partition coefficient (Wildman–Crippen LogP) is 1.84. The Bertz CT molecular complexity index is 895. The van der Waals surface area contributed by atoms with E-state index in [2.05, 4.69) is 4.72 Å². The van der Waals surface area contributed by atoms with Gasteiger partial charge in [-0.15, -0.1) is 0 Å². The molecule has 2 amide bonds. The lowest BCUT2D eigenvalue weighted by atomic mass is 10.2. The summed E-state index contributed by atoms with van der Waals surface area (Å²) in [6.07, 6.45) is 0.368. The summed E-state index contributed by atoms with van der Waals surface area (Å²) in [6, 6.07) is 15.3. The third-order valence-electron chi connectivity index (χ3n) is 4.11. The van der Waals surface area contributed by atoms with Gasteiger partial charge in [-0.1, -0.05) is 30.3 Å².